The number of carbonyl (C=O) groups is 1. The number of aliphatic carboxylic acids is 1. The molecule has 1 aliphatic rings. The third-order valence-electron chi connectivity index (χ3n) is 3.61. The molecule has 20 heavy (non-hydrogen) atoms. The quantitative estimate of drug-likeness (QED) is 0.841. The van der Waals surface area contributed by atoms with Gasteiger partial charge in [-0.2, -0.15) is 0 Å². The lowest BCUT2D eigenvalue weighted by Crippen LogP contribution is -2.25. The lowest BCUT2D eigenvalue weighted by molar-refractivity contribution is -0.138. The first-order valence-electron chi connectivity index (χ1n) is 6.24. The Balaban J connectivity index is 2.11. The zero-order valence-corrected chi connectivity index (χ0v) is 10.5. The van der Waals surface area contributed by atoms with E-state index in [1.807, 2.05) is 0 Å². The Labute approximate surface area is 113 Å². The van der Waals surface area contributed by atoms with Crippen LogP contribution in [0.3, 0.4) is 0 Å². The van der Waals surface area contributed by atoms with Gasteiger partial charge in [-0.25, -0.2) is 4.79 Å². The van der Waals surface area contributed by atoms with E-state index in [1.165, 1.54) is 4.57 Å². The van der Waals surface area contributed by atoms with Crippen molar-refractivity contribution < 1.29 is 14.4 Å². The molecule has 0 spiro atoms. The van der Waals surface area contributed by atoms with E-state index in [0.29, 0.717) is 24.2 Å². The normalized spacial score (nSPS) is 18.8. The molecular formula is C13H13N3O4. The maximum Gasteiger partial charge on any atom is 0.442 e. The van der Waals surface area contributed by atoms with Gasteiger partial charge in [-0.1, -0.05) is 29.4 Å². The van der Waals surface area contributed by atoms with Crippen LogP contribution >= 0.6 is 0 Å². The van der Waals surface area contributed by atoms with Crippen LogP contribution in [0.4, 0.5) is 0 Å². The van der Waals surface area contributed by atoms with Crippen molar-refractivity contribution in [3.63, 3.8) is 0 Å². The number of nitrogens with two attached hydrogens (primary N) is 1. The number of fused-ring (bicyclic) bond motifs is 1. The summed E-state index contributed by atoms with van der Waals surface area (Å²) in [5.74, 6) is -1.05. The fraction of sp³-hybridized carbons (Fsp3) is 0.308. The molecular weight excluding hydrogens is 262 g/mol. The molecule has 1 aliphatic heterocycles. The van der Waals surface area contributed by atoms with Crippen molar-refractivity contribution in [3.8, 4) is 0 Å². The lowest BCUT2D eigenvalue weighted by Gasteiger charge is -2.18. The third kappa shape index (κ3) is 1.83. The highest BCUT2D eigenvalue weighted by atomic mass is 16.5. The van der Waals surface area contributed by atoms with E-state index >= 15 is 0 Å². The molecule has 1 aromatic carbocycles. The molecule has 0 fully saturated rings. The topological polar surface area (TPSA) is 111 Å². The first kappa shape index (κ1) is 12.6. The fourth-order valence-electron chi connectivity index (χ4n) is 2.68. The molecule has 7 nitrogen and oxygen atoms in total. The van der Waals surface area contributed by atoms with Gasteiger partial charge in [-0.3, -0.25) is 13.9 Å². The molecule has 1 aromatic heterocycles. The molecule has 104 valence electrons. The van der Waals surface area contributed by atoms with Crippen LogP contribution in [-0.2, 0) is 11.2 Å². The van der Waals surface area contributed by atoms with E-state index in [9.17, 15) is 9.59 Å². The largest absolute Gasteiger partial charge is 0.480 e. The molecule has 2 heterocycles. The van der Waals surface area contributed by atoms with Crippen LogP contribution in [0.25, 0.3) is 0 Å². The summed E-state index contributed by atoms with van der Waals surface area (Å²) in [7, 11) is 0. The van der Waals surface area contributed by atoms with E-state index in [0.717, 1.165) is 5.56 Å². The molecule has 7 heteroatoms. The van der Waals surface area contributed by atoms with Crippen molar-refractivity contribution in [2.24, 2.45) is 5.73 Å². The number of rotatable bonds is 3. The van der Waals surface area contributed by atoms with Crippen LogP contribution in [0, 0.1) is 0 Å². The Bertz CT molecular complexity index is 718. The second kappa shape index (κ2) is 4.61. The van der Waals surface area contributed by atoms with E-state index < -0.39 is 17.8 Å². The molecule has 0 bridgehead atoms. The second-order valence-corrected chi connectivity index (χ2v) is 4.73. The zero-order chi connectivity index (χ0) is 14.3. The third-order valence-corrected chi connectivity index (χ3v) is 3.61. The summed E-state index contributed by atoms with van der Waals surface area (Å²) in [6.45, 7) is 0. The number of carboxylic acid groups (broad SMARTS) is 1. The molecule has 0 saturated carbocycles. The van der Waals surface area contributed by atoms with Crippen LogP contribution in [0.2, 0.25) is 0 Å². The van der Waals surface area contributed by atoms with E-state index in [1.54, 1.807) is 24.3 Å². The molecule has 3 N–H and O–H groups in total. The van der Waals surface area contributed by atoms with Crippen LogP contribution in [0.1, 0.15) is 35.5 Å². The molecule has 0 saturated heterocycles. The maximum absolute atomic E-state index is 11.7. The zero-order valence-electron chi connectivity index (χ0n) is 10.5. The number of nitrogens with zero attached hydrogens (tertiary/aromatic N) is 2. The van der Waals surface area contributed by atoms with Crippen molar-refractivity contribution in [1.29, 1.82) is 0 Å². The summed E-state index contributed by atoms with van der Waals surface area (Å²) in [5.41, 5.74) is 6.95. The summed E-state index contributed by atoms with van der Waals surface area (Å²) >= 11 is 0. The van der Waals surface area contributed by atoms with Gasteiger partial charge < -0.3 is 10.8 Å². The maximum atomic E-state index is 11.7. The SMILES string of the molecule is NC(C(=O)O)c1ccccc1C1CCc2noc(=O)n21. The Morgan fingerprint density at radius 2 is 2.25 bits per heavy atom. The number of carboxylic acids is 1. The Hall–Kier alpha value is -2.41. The number of hydrogen-bond acceptors (Lipinski definition) is 5. The van der Waals surface area contributed by atoms with Crippen LogP contribution < -0.4 is 11.5 Å². The summed E-state index contributed by atoms with van der Waals surface area (Å²) < 4.78 is 6.11. The Kier molecular flexibility index (Phi) is 2.90. The van der Waals surface area contributed by atoms with E-state index in [2.05, 4.69) is 9.68 Å². The van der Waals surface area contributed by atoms with Gasteiger partial charge in [0.1, 0.15) is 6.04 Å². The molecule has 0 radical (unpaired) electrons. The minimum absolute atomic E-state index is 0.273. The molecule has 2 atom stereocenters. The number of hydrogen-bond donors (Lipinski definition) is 2. The van der Waals surface area contributed by atoms with Gasteiger partial charge in [-0.15, -0.1) is 0 Å². The van der Waals surface area contributed by atoms with Gasteiger partial charge in [0.2, 0.25) is 0 Å². The lowest BCUT2D eigenvalue weighted by atomic mass is 9.94. The van der Waals surface area contributed by atoms with Crippen LogP contribution in [0.5, 0.6) is 0 Å². The number of benzene rings is 1. The van der Waals surface area contributed by atoms with Crippen LogP contribution in [-0.4, -0.2) is 20.8 Å². The average molecular weight is 275 g/mol. The molecule has 0 amide bonds. The van der Waals surface area contributed by atoms with Gasteiger partial charge in [0, 0.05) is 6.42 Å². The van der Waals surface area contributed by atoms with E-state index in [-0.39, 0.29) is 6.04 Å². The monoisotopic (exact) mass is 275 g/mol. The van der Waals surface area contributed by atoms with Crippen LogP contribution in [0.15, 0.2) is 33.6 Å². The fourth-order valence-corrected chi connectivity index (χ4v) is 2.68. The van der Waals surface area contributed by atoms with Crippen molar-refractivity contribution in [3.05, 3.63) is 51.8 Å². The molecule has 2 unspecified atom stereocenters. The van der Waals surface area contributed by atoms with Gasteiger partial charge >= 0.3 is 11.7 Å². The molecule has 3 rings (SSSR count). The van der Waals surface area contributed by atoms with Crippen molar-refractivity contribution in [2.75, 3.05) is 0 Å². The Morgan fingerprint density at radius 1 is 1.50 bits per heavy atom. The number of aromatic nitrogens is 2. The van der Waals surface area contributed by atoms with Gasteiger partial charge in [0.25, 0.3) is 0 Å². The summed E-state index contributed by atoms with van der Waals surface area (Å²) in [6, 6.07) is 5.59. The average Bonchev–Trinajstić information content (AvgIpc) is 3.01. The standard InChI is InChI=1S/C13H13N3O4/c14-11(12(17)18)8-4-2-1-3-7(8)9-5-6-10-15-20-13(19)16(9)10/h1-4,9,11H,5-6,14H2,(H,17,18). The highest BCUT2D eigenvalue weighted by molar-refractivity contribution is 5.75. The second-order valence-electron chi connectivity index (χ2n) is 4.73. The minimum Gasteiger partial charge on any atom is -0.480 e. The first-order chi connectivity index (χ1) is 9.59. The smallest absolute Gasteiger partial charge is 0.442 e. The van der Waals surface area contributed by atoms with Gasteiger partial charge in [0.15, 0.2) is 5.82 Å². The molecule has 2 aromatic rings. The van der Waals surface area contributed by atoms with Crippen molar-refractivity contribution in [2.45, 2.75) is 24.9 Å². The molecule has 0 aliphatic carbocycles. The summed E-state index contributed by atoms with van der Waals surface area (Å²) in [5, 5.41) is 12.8. The summed E-state index contributed by atoms with van der Waals surface area (Å²) in [6.07, 6.45) is 1.30. The predicted octanol–water partition coefficient (Wildman–Crippen LogP) is 0.456. The van der Waals surface area contributed by atoms with E-state index in [4.69, 9.17) is 10.8 Å². The number of aryl methyl sites for hydroxylation is 1. The summed E-state index contributed by atoms with van der Waals surface area (Å²) in [4.78, 5) is 22.8. The van der Waals surface area contributed by atoms with Gasteiger partial charge in [0.05, 0.1) is 6.04 Å². The Morgan fingerprint density at radius 3 is 3.00 bits per heavy atom. The van der Waals surface area contributed by atoms with Crippen molar-refractivity contribution in [1.82, 2.24) is 9.72 Å². The first-order valence-corrected chi connectivity index (χ1v) is 6.24. The highest BCUT2D eigenvalue weighted by Crippen LogP contribution is 2.33. The van der Waals surface area contributed by atoms with Gasteiger partial charge in [-0.05, 0) is 17.5 Å². The highest BCUT2D eigenvalue weighted by Gasteiger charge is 2.31. The van der Waals surface area contributed by atoms with Crippen molar-refractivity contribution >= 4 is 5.97 Å². The minimum atomic E-state index is -1.12. The predicted molar refractivity (Wildman–Crippen MR) is 68.2 cm³/mol.